The summed E-state index contributed by atoms with van der Waals surface area (Å²) in [6.07, 6.45) is 7.63. The number of rotatable bonds is 3. The number of hydrogen-bond acceptors (Lipinski definition) is 3. The predicted octanol–water partition coefficient (Wildman–Crippen LogP) is 3.90. The molecule has 1 saturated heterocycles. The van der Waals surface area contributed by atoms with Crippen molar-refractivity contribution in [2.45, 2.75) is 50.2 Å². The monoisotopic (exact) mass is 325 g/mol. The summed E-state index contributed by atoms with van der Waals surface area (Å²) in [6.45, 7) is 0.623. The zero-order valence-electron chi connectivity index (χ0n) is 11.0. The molecule has 1 spiro atoms. The third kappa shape index (κ3) is 3.06. The van der Waals surface area contributed by atoms with Gasteiger partial charge in [-0.15, -0.1) is 0 Å². The summed E-state index contributed by atoms with van der Waals surface area (Å²) in [5.41, 5.74) is 6.69. The maximum Gasteiger partial charge on any atom is 0.122 e. The Morgan fingerprint density at radius 1 is 1.26 bits per heavy atom. The first-order valence-electron chi connectivity index (χ1n) is 7.02. The average molecular weight is 326 g/mol. The number of nitrogen functional groups attached to an aromatic ring is 1. The van der Waals surface area contributed by atoms with Gasteiger partial charge in [-0.25, -0.2) is 0 Å². The van der Waals surface area contributed by atoms with Gasteiger partial charge < -0.3 is 15.2 Å². The van der Waals surface area contributed by atoms with Crippen LogP contribution >= 0.6 is 15.9 Å². The fourth-order valence-corrected chi connectivity index (χ4v) is 3.75. The van der Waals surface area contributed by atoms with Gasteiger partial charge in [0.2, 0.25) is 0 Å². The van der Waals surface area contributed by atoms with Gasteiger partial charge in [0.25, 0.3) is 0 Å². The van der Waals surface area contributed by atoms with E-state index in [1.165, 1.54) is 32.1 Å². The van der Waals surface area contributed by atoms with Crippen molar-refractivity contribution in [1.82, 2.24) is 0 Å². The number of anilines is 1. The molecule has 0 radical (unpaired) electrons. The van der Waals surface area contributed by atoms with Crippen LogP contribution in [0.1, 0.15) is 38.5 Å². The van der Waals surface area contributed by atoms with Crippen molar-refractivity contribution in [3.63, 3.8) is 0 Å². The van der Waals surface area contributed by atoms with Gasteiger partial charge in [-0.05, 0) is 37.8 Å². The molecule has 0 amide bonds. The normalized spacial score (nSPS) is 25.0. The van der Waals surface area contributed by atoms with E-state index in [-0.39, 0.29) is 11.7 Å². The van der Waals surface area contributed by atoms with Gasteiger partial charge >= 0.3 is 0 Å². The minimum Gasteiger partial charge on any atom is -0.491 e. The second-order valence-corrected chi connectivity index (χ2v) is 6.62. The van der Waals surface area contributed by atoms with E-state index >= 15 is 0 Å². The molecule has 1 aliphatic heterocycles. The average Bonchev–Trinajstić information content (AvgIpc) is 2.97. The van der Waals surface area contributed by atoms with Crippen LogP contribution in [-0.2, 0) is 4.74 Å². The molecule has 104 valence electrons. The molecule has 1 atom stereocenters. The molecule has 2 fully saturated rings. The van der Waals surface area contributed by atoms with Gasteiger partial charge in [0.1, 0.15) is 12.4 Å². The first kappa shape index (κ1) is 13.3. The highest BCUT2D eigenvalue weighted by Crippen LogP contribution is 2.43. The first-order chi connectivity index (χ1) is 9.15. The van der Waals surface area contributed by atoms with Crippen molar-refractivity contribution < 1.29 is 9.47 Å². The lowest BCUT2D eigenvalue weighted by Gasteiger charge is -2.23. The van der Waals surface area contributed by atoms with Crippen molar-refractivity contribution in [3.8, 4) is 5.75 Å². The summed E-state index contributed by atoms with van der Waals surface area (Å²) in [5.74, 6) is 0.808. The van der Waals surface area contributed by atoms with Gasteiger partial charge in [0.05, 0.1) is 11.7 Å². The van der Waals surface area contributed by atoms with E-state index in [0.717, 1.165) is 16.6 Å². The van der Waals surface area contributed by atoms with E-state index in [1.54, 1.807) is 0 Å². The van der Waals surface area contributed by atoms with Crippen molar-refractivity contribution in [1.29, 1.82) is 0 Å². The molecule has 3 rings (SSSR count). The highest BCUT2D eigenvalue weighted by atomic mass is 79.9. The van der Waals surface area contributed by atoms with E-state index in [0.29, 0.717) is 12.3 Å². The van der Waals surface area contributed by atoms with E-state index in [9.17, 15) is 0 Å². The second-order valence-electron chi connectivity index (χ2n) is 5.70. The molecule has 0 aromatic heterocycles. The largest absolute Gasteiger partial charge is 0.491 e. The molecule has 19 heavy (non-hydrogen) atoms. The summed E-state index contributed by atoms with van der Waals surface area (Å²) in [7, 11) is 0. The number of nitrogens with two attached hydrogens (primary N) is 1. The maximum atomic E-state index is 6.22. The summed E-state index contributed by atoms with van der Waals surface area (Å²) >= 11 is 3.42. The van der Waals surface area contributed by atoms with Gasteiger partial charge in [0.15, 0.2) is 0 Å². The van der Waals surface area contributed by atoms with Crippen molar-refractivity contribution in [3.05, 3.63) is 22.7 Å². The molecule has 1 aliphatic carbocycles. The van der Waals surface area contributed by atoms with E-state index in [1.807, 2.05) is 18.2 Å². The molecule has 1 aromatic rings. The first-order valence-corrected chi connectivity index (χ1v) is 7.81. The highest BCUT2D eigenvalue weighted by Gasteiger charge is 2.42. The molecule has 2 aliphatic rings. The summed E-state index contributed by atoms with van der Waals surface area (Å²) < 4.78 is 13.0. The molecule has 1 unspecified atom stereocenters. The lowest BCUT2D eigenvalue weighted by molar-refractivity contribution is -0.0508. The standard InChI is InChI=1S/C15H20BrNO2/c16-11-7-12(17)9-14(8-11)18-10-13-3-6-15(19-13)4-1-2-5-15/h7-9,13H,1-6,10,17H2. The minimum absolute atomic E-state index is 0.185. The summed E-state index contributed by atoms with van der Waals surface area (Å²) in [6, 6.07) is 5.66. The zero-order chi connectivity index (χ0) is 13.3. The van der Waals surface area contributed by atoms with Gasteiger partial charge in [-0.2, -0.15) is 0 Å². The van der Waals surface area contributed by atoms with Crippen LogP contribution in [0.5, 0.6) is 5.75 Å². The van der Waals surface area contributed by atoms with Crippen LogP contribution in [-0.4, -0.2) is 18.3 Å². The second kappa shape index (κ2) is 5.33. The zero-order valence-corrected chi connectivity index (χ0v) is 12.6. The number of halogens is 1. The third-order valence-corrected chi connectivity index (χ3v) is 4.64. The van der Waals surface area contributed by atoms with Crippen LogP contribution in [0.2, 0.25) is 0 Å². The van der Waals surface area contributed by atoms with Gasteiger partial charge in [-0.1, -0.05) is 28.8 Å². The van der Waals surface area contributed by atoms with Crippen LogP contribution in [0.3, 0.4) is 0 Å². The van der Waals surface area contributed by atoms with Crippen LogP contribution in [0, 0.1) is 0 Å². The topological polar surface area (TPSA) is 44.5 Å². The lowest BCUT2D eigenvalue weighted by Crippen LogP contribution is -2.27. The summed E-state index contributed by atoms with van der Waals surface area (Å²) in [5, 5.41) is 0. The molecule has 1 aromatic carbocycles. The Morgan fingerprint density at radius 2 is 2.05 bits per heavy atom. The SMILES string of the molecule is Nc1cc(Br)cc(OCC2CCC3(CCCC3)O2)c1. The lowest BCUT2D eigenvalue weighted by atomic mass is 9.98. The van der Waals surface area contributed by atoms with Gasteiger partial charge in [-0.3, -0.25) is 0 Å². The van der Waals surface area contributed by atoms with Crippen molar-refractivity contribution >= 4 is 21.6 Å². The molecule has 1 heterocycles. The third-order valence-electron chi connectivity index (χ3n) is 4.18. The Morgan fingerprint density at radius 3 is 2.79 bits per heavy atom. The Kier molecular flexibility index (Phi) is 3.72. The number of hydrogen-bond donors (Lipinski definition) is 1. The van der Waals surface area contributed by atoms with E-state index in [4.69, 9.17) is 15.2 Å². The van der Waals surface area contributed by atoms with Crippen LogP contribution in [0.15, 0.2) is 22.7 Å². The fourth-order valence-electron chi connectivity index (χ4n) is 3.26. The van der Waals surface area contributed by atoms with E-state index in [2.05, 4.69) is 15.9 Å². The van der Waals surface area contributed by atoms with Crippen LogP contribution in [0.25, 0.3) is 0 Å². The van der Waals surface area contributed by atoms with Crippen LogP contribution < -0.4 is 10.5 Å². The number of benzene rings is 1. The number of ether oxygens (including phenoxy) is 2. The smallest absolute Gasteiger partial charge is 0.122 e. The van der Waals surface area contributed by atoms with E-state index < -0.39 is 0 Å². The molecular formula is C15H20BrNO2. The maximum absolute atomic E-state index is 6.22. The Hall–Kier alpha value is -0.740. The fraction of sp³-hybridized carbons (Fsp3) is 0.600. The molecule has 1 saturated carbocycles. The predicted molar refractivity (Wildman–Crippen MR) is 79.4 cm³/mol. The highest BCUT2D eigenvalue weighted by molar-refractivity contribution is 9.10. The quantitative estimate of drug-likeness (QED) is 0.857. The molecular weight excluding hydrogens is 306 g/mol. The molecule has 0 bridgehead atoms. The van der Waals surface area contributed by atoms with Crippen molar-refractivity contribution in [2.75, 3.05) is 12.3 Å². The Bertz CT molecular complexity index is 437. The Labute approximate surface area is 122 Å². The molecule has 4 heteroatoms. The molecule has 2 N–H and O–H groups in total. The van der Waals surface area contributed by atoms with Crippen LogP contribution in [0.4, 0.5) is 5.69 Å². The van der Waals surface area contributed by atoms with Gasteiger partial charge in [0, 0.05) is 16.2 Å². The minimum atomic E-state index is 0.185. The summed E-state index contributed by atoms with van der Waals surface area (Å²) in [4.78, 5) is 0. The molecule has 3 nitrogen and oxygen atoms in total. The van der Waals surface area contributed by atoms with Crippen molar-refractivity contribution in [2.24, 2.45) is 0 Å². The Balaban J connectivity index is 1.55.